The van der Waals surface area contributed by atoms with E-state index in [0.29, 0.717) is 10.6 Å². The second kappa shape index (κ2) is 4.11. The van der Waals surface area contributed by atoms with Gasteiger partial charge in [0.15, 0.2) is 0 Å². The van der Waals surface area contributed by atoms with Crippen molar-refractivity contribution in [1.82, 2.24) is 0 Å². The average molecular weight is 192 g/mol. The summed E-state index contributed by atoms with van der Waals surface area (Å²) in [6, 6.07) is 7.40. The Balaban J connectivity index is 3.25. The van der Waals surface area contributed by atoms with Crippen LogP contribution in [0.3, 0.4) is 0 Å². The van der Waals surface area contributed by atoms with Crippen LogP contribution in [0, 0.1) is 11.3 Å². The number of allylic oxidation sites excluding steroid dienone is 1. The fraction of sp³-hybridized carbons (Fsp3) is 0.182. The molecule has 0 bridgehead atoms. The highest BCUT2D eigenvalue weighted by Crippen LogP contribution is 2.23. The van der Waals surface area contributed by atoms with Gasteiger partial charge in [-0.3, -0.25) is 0 Å². The van der Waals surface area contributed by atoms with Crippen LogP contribution >= 0.6 is 11.6 Å². The molecule has 0 aliphatic carbocycles. The summed E-state index contributed by atoms with van der Waals surface area (Å²) in [7, 11) is 0. The maximum Gasteiger partial charge on any atom is 0.0994 e. The largest absolute Gasteiger partial charge is 0.192 e. The van der Waals surface area contributed by atoms with Gasteiger partial charge < -0.3 is 0 Å². The Morgan fingerprint density at radius 1 is 1.62 bits per heavy atom. The molecule has 1 nitrogen and oxygen atoms in total. The van der Waals surface area contributed by atoms with Crippen LogP contribution in [0.5, 0.6) is 0 Å². The number of rotatable bonds is 2. The van der Waals surface area contributed by atoms with Crippen molar-refractivity contribution in [2.45, 2.75) is 12.8 Å². The molecular weight excluding hydrogens is 182 g/mol. The van der Waals surface area contributed by atoms with Crippen molar-refractivity contribution >= 4 is 11.6 Å². The van der Waals surface area contributed by atoms with Crippen molar-refractivity contribution in [3.63, 3.8) is 0 Å². The minimum atomic E-state index is 0.161. The third-order valence-corrected chi connectivity index (χ3v) is 2.21. The second-order valence-electron chi connectivity index (χ2n) is 2.87. The van der Waals surface area contributed by atoms with Crippen LogP contribution in [0.1, 0.15) is 24.0 Å². The molecule has 0 N–H and O–H groups in total. The third-order valence-electron chi connectivity index (χ3n) is 1.98. The Morgan fingerprint density at radius 3 is 2.85 bits per heavy atom. The van der Waals surface area contributed by atoms with E-state index in [1.165, 1.54) is 0 Å². The van der Waals surface area contributed by atoms with Gasteiger partial charge in [0.1, 0.15) is 0 Å². The van der Waals surface area contributed by atoms with E-state index in [0.717, 1.165) is 5.56 Å². The lowest BCUT2D eigenvalue weighted by Crippen LogP contribution is -1.93. The molecule has 0 heterocycles. The number of hydrogen-bond donors (Lipinski definition) is 0. The van der Waals surface area contributed by atoms with Gasteiger partial charge in [-0.1, -0.05) is 24.6 Å². The summed E-state index contributed by atoms with van der Waals surface area (Å²) in [5.74, 6) is 0.161. The number of benzene rings is 1. The first-order valence-corrected chi connectivity index (χ1v) is 4.39. The van der Waals surface area contributed by atoms with Gasteiger partial charge in [0.2, 0.25) is 0 Å². The second-order valence-corrected chi connectivity index (χ2v) is 3.30. The van der Waals surface area contributed by atoms with Crippen molar-refractivity contribution in [2.75, 3.05) is 0 Å². The summed E-state index contributed by atoms with van der Waals surface area (Å²) < 4.78 is 0. The SMILES string of the molecule is C=CC(C)c1cc(Cl)ccc1C#N. The first kappa shape index (κ1) is 9.83. The van der Waals surface area contributed by atoms with Crippen molar-refractivity contribution < 1.29 is 0 Å². The van der Waals surface area contributed by atoms with E-state index in [9.17, 15) is 0 Å². The van der Waals surface area contributed by atoms with E-state index in [4.69, 9.17) is 16.9 Å². The van der Waals surface area contributed by atoms with Gasteiger partial charge in [-0.25, -0.2) is 0 Å². The molecule has 2 heteroatoms. The fourth-order valence-corrected chi connectivity index (χ4v) is 1.32. The molecule has 0 amide bonds. The lowest BCUT2D eigenvalue weighted by atomic mass is 9.96. The fourth-order valence-electron chi connectivity index (χ4n) is 1.14. The first-order valence-electron chi connectivity index (χ1n) is 4.01. The van der Waals surface area contributed by atoms with Crippen LogP contribution in [0.2, 0.25) is 5.02 Å². The molecule has 0 fully saturated rings. The Labute approximate surface area is 83.3 Å². The number of nitriles is 1. The summed E-state index contributed by atoms with van der Waals surface area (Å²) in [6.45, 7) is 5.68. The molecule has 0 spiro atoms. The van der Waals surface area contributed by atoms with Crippen molar-refractivity contribution in [2.24, 2.45) is 0 Å². The summed E-state index contributed by atoms with van der Waals surface area (Å²) in [6.07, 6.45) is 1.80. The summed E-state index contributed by atoms with van der Waals surface area (Å²) in [5, 5.41) is 9.48. The summed E-state index contributed by atoms with van der Waals surface area (Å²) >= 11 is 5.83. The monoisotopic (exact) mass is 191 g/mol. The van der Waals surface area contributed by atoms with Crippen LogP contribution in [0.25, 0.3) is 0 Å². The minimum absolute atomic E-state index is 0.161. The molecule has 13 heavy (non-hydrogen) atoms. The lowest BCUT2D eigenvalue weighted by molar-refractivity contribution is 0.965. The van der Waals surface area contributed by atoms with Crippen LogP contribution < -0.4 is 0 Å². The summed E-state index contributed by atoms with van der Waals surface area (Å²) in [5.41, 5.74) is 1.60. The summed E-state index contributed by atoms with van der Waals surface area (Å²) in [4.78, 5) is 0. The number of hydrogen-bond acceptors (Lipinski definition) is 1. The third kappa shape index (κ3) is 2.11. The van der Waals surface area contributed by atoms with Crippen molar-refractivity contribution in [1.29, 1.82) is 5.26 Å². The van der Waals surface area contributed by atoms with Crippen molar-refractivity contribution in [3.8, 4) is 6.07 Å². The molecule has 1 aromatic rings. The van der Waals surface area contributed by atoms with Gasteiger partial charge in [-0.05, 0) is 23.8 Å². The van der Waals surface area contributed by atoms with E-state index in [1.807, 2.05) is 13.0 Å². The Bertz CT molecular complexity index is 363. The Kier molecular flexibility index (Phi) is 3.11. The Hall–Kier alpha value is -1.26. The van der Waals surface area contributed by atoms with E-state index in [2.05, 4.69) is 12.6 Å². The molecule has 0 aliphatic rings. The highest BCUT2D eigenvalue weighted by molar-refractivity contribution is 6.30. The maximum atomic E-state index is 8.83. The topological polar surface area (TPSA) is 23.8 Å². The van der Waals surface area contributed by atoms with Gasteiger partial charge >= 0.3 is 0 Å². The van der Waals surface area contributed by atoms with Crippen LogP contribution in [-0.2, 0) is 0 Å². The van der Waals surface area contributed by atoms with Crippen LogP contribution in [0.4, 0.5) is 0 Å². The van der Waals surface area contributed by atoms with Gasteiger partial charge in [0, 0.05) is 10.9 Å². The lowest BCUT2D eigenvalue weighted by Gasteiger charge is -2.08. The van der Waals surface area contributed by atoms with E-state index in [-0.39, 0.29) is 5.92 Å². The molecular formula is C11H10ClN. The van der Waals surface area contributed by atoms with Crippen molar-refractivity contribution in [3.05, 3.63) is 47.0 Å². The molecule has 0 saturated carbocycles. The smallest absolute Gasteiger partial charge is 0.0994 e. The van der Waals surface area contributed by atoms with E-state index >= 15 is 0 Å². The van der Waals surface area contributed by atoms with Gasteiger partial charge in [-0.2, -0.15) is 5.26 Å². The molecule has 0 aliphatic heterocycles. The molecule has 0 saturated heterocycles. The molecule has 0 radical (unpaired) electrons. The molecule has 1 unspecified atom stereocenters. The van der Waals surface area contributed by atoms with Gasteiger partial charge in [0.25, 0.3) is 0 Å². The number of halogens is 1. The zero-order valence-electron chi connectivity index (χ0n) is 7.42. The average Bonchev–Trinajstić information content (AvgIpc) is 2.16. The van der Waals surface area contributed by atoms with E-state index in [1.54, 1.807) is 18.2 Å². The van der Waals surface area contributed by atoms with Gasteiger partial charge in [-0.15, -0.1) is 6.58 Å². The highest BCUT2D eigenvalue weighted by atomic mass is 35.5. The van der Waals surface area contributed by atoms with Crippen LogP contribution in [0.15, 0.2) is 30.9 Å². The standard InChI is InChI=1S/C11H10ClN/c1-3-8(2)11-6-10(12)5-4-9(11)7-13/h3-6,8H,1H2,2H3. The maximum absolute atomic E-state index is 8.83. The molecule has 1 atom stereocenters. The molecule has 1 aromatic carbocycles. The Morgan fingerprint density at radius 2 is 2.31 bits per heavy atom. The highest BCUT2D eigenvalue weighted by Gasteiger charge is 2.07. The van der Waals surface area contributed by atoms with Crippen LogP contribution in [-0.4, -0.2) is 0 Å². The molecule has 0 aromatic heterocycles. The van der Waals surface area contributed by atoms with Gasteiger partial charge in [0.05, 0.1) is 11.6 Å². The number of nitrogens with zero attached hydrogens (tertiary/aromatic N) is 1. The normalized spacial score (nSPS) is 11.8. The molecule has 1 rings (SSSR count). The predicted molar refractivity (Wildman–Crippen MR) is 54.8 cm³/mol. The predicted octanol–water partition coefficient (Wildman–Crippen LogP) is 3.50. The zero-order valence-corrected chi connectivity index (χ0v) is 8.17. The minimum Gasteiger partial charge on any atom is -0.192 e. The molecule has 66 valence electrons. The first-order chi connectivity index (χ1) is 6.19. The zero-order chi connectivity index (χ0) is 9.84. The van der Waals surface area contributed by atoms with E-state index < -0.39 is 0 Å². The quantitative estimate of drug-likeness (QED) is 0.657.